The van der Waals surface area contributed by atoms with Crippen LogP contribution in [0.4, 0.5) is 0 Å². The predicted molar refractivity (Wildman–Crippen MR) is 82.2 cm³/mol. The van der Waals surface area contributed by atoms with Gasteiger partial charge in [-0.1, -0.05) is 12.8 Å². The first-order valence-corrected chi connectivity index (χ1v) is 8.31. The Kier molecular flexibility index (Phi) is 4.79. The Hall–Kier alpha value is -2.11. The summed E-state index contributed by atoms with van der Waals surface area (Å²) in [6, 6.07) is 3.66. The number of hydrogen-bond donors (Lipinski definition) is 1. The van der Waals surface area contributed by atoms with Gasteiger partial charge in [0.25, 0.3) is 0 Å². The van der Waals surface area contributed by atoms with Gasteiger partial charge >= 0.3 is 0 Å². The molecule has 124 valence electrons. The van der Waals surface area contributed by atoms with Crippen LogP contribution in [-0.2, 0) is 20.8 Å². The van der Waals surface area contributed by atoms with Gasteiger partial charge in [0.2, 0.25) is 17.7 Å². The second-order valence-electron chi connectivity index (χ2n) is 6.25. The van der Waals surface area contributed by atoms with Gasteiger partial charge in [-0.2, -0.15) is 0 Å². The van der Waals surface area contributed by atoms with Gasteiger partial charge in [0.05, 0.1) is 18.1 Å². The Morgan fingerprint density at radius 2 is 1.91 bits per heavy atom. The number of nitrogens with zero attached hydrogens (tertiary/aromatic N) is 1. The predicted octanol–water partition coefficient (Wildman–Crippen LogP) is 1.50. The molecular weight excluding hydrogens is 296 g/mol. The highest BCUT2D eigenvalue weighted by Gasteiger charge is 2.47. The van der Waals surface area contributed by atoms with Gasteiger partial charge in [-0.25, -0.2) is 0 Å². The van der Waals surface area contributed by atoms with Gasteiger partial charge in [0, 0.05) is 25.9 Å². The zero-order chi connectivity index (χ0) is 16.2. The minimum absolute atomic E-state index is 0.0805. The smallest absolute Gasteiger partial charge is 0.233 e. The molecular formula is C17H22N2O4. The lowest BCUT2D eigenvalue weighted by atomic mass is 9.81. The fraction of sp³-hybridized carbons (Fsp3) is 0.588. The third-order valence-electron chi connectivity index (χ3n) is 4.77. The van der Waals surface area contributed by atoms with Crippen LogP contribution in [0, 0.1) is 11.8 Å². The molecule has 0 radical (unpaired) electrons. The first-order valence-electron chi connectivity index (χ1n) is 8.31. The number of rotatable bonds is 6. The number of hydrogen-bond acceptors (Lipinski definition) is 4. The molecule has 6 nitrogen and oxygen atoms in total. The number of fused-ring (bicyclic) bond motifs is 1. The highest BCUT2D eigenvalue weighted by molar-refractivity contribution is 6.05. The molecule has 3 amide bonds. The molecule has 0 bridgehead atoms. The number of nitrogens with one attached hydrogen (secondary N) is 1. The normalized spacial score (nSPS) is 23.9. The van der Waals surface area contributed by atoms with Crippen LogP contribution in [0.2, 0.25) is 0 Å². The molecule has 1 N–H and O–H groups in total. The molecule has 3 rings (SSSR count). The number of imide groups is 1. The van der Waals surface area contributed by atoms with Gasteiger partial charge in [-0.05, 0) is 25.0 Å². The molecule has 23 heavy (non-hydrogen) atoms. The van der Waals surface area contributed by atoms with Crippen LogP contribution in [0.5, 0.6) is 0 Å². The summed E-state index contributed by atoms with van der Waals surface area (Å²) in [4.78, 5) is 37.7. The zero-order valence-electron chi connectivity index (χ0n) is 13.1. The van der Waals surface area contributed by atoms with E-state index in [2.05, 4.69) is 5.32 Å². The van der Waals surface area contributed by atoms with Gasteiger partial charge in [0.15, 0.2) is 0 Å². The van der Waals surface area contributed by atoms with Crippen molar-refractivity contribution < 1.29 is 18.8 Å². The molecule has 1 aliphatic heterocycles. The second kappa shape index (κ2) is 6.98. The third kappa shape index (κ3) is 3.46. The molecule has 6 heteroatoms. The summed E-state index contributed by atoms with van der Waals surface area (Å²) < 4.78 is 5.19. The first kappa shape index (κ1) is 15.8. The second-order valence-corrected chi connectivity index (χ2v) is 6.25. The van der Waals surface area contributed by atoms with E-state index in [1.54, 1.807) is 12.3 Å². The quantitative estimate of drug-likeness (QED) is 0.806. The van der Waals surface area contributed by atoms with Crippen molar-refractivity contribution in [2.45, 2.75) is 38.5 Å². The lowest BCUT2D eigenvalue weighted by Gasteiger charge is -2.19. The largest absolute Gasteiger partial charge is 0.469 e. The summed E-state index contributed by atoms with van der Waals surface area (Å²) in [6.45, 7) is 0.677. The molecule has 1 saturated carbocycles. The van der Waals surface area contributed by atoms with Crippen molar-refractivity contribution in [3.63, 3.8) is 0 Å². The summed E-state index contributed by atoms with van der Waals surface area (Å²) in [7, 11) is 0. The summed E-state index contributed by atoms with van der Waals surface area (Å²) in [5.41, 5.74) is 0. The standard InChI is InChI=1S/C17H22N2O4/c20-15(18-9-7-12-4-3-11-23-12)8-10-19-16(21)13-5-1-2-6-14(13)17(19)22/h3-4,11,13-14H,1-2,5-10H2,(H,18,20). The highest BCUT2D eigenvalue weighted by atomic mass is 16.3. The van der Waals surface area contributed by atoms with Crippen molar-refractivity contribution in [1.29, 1.82) is 0 Å². The zero-order valence-corrected chi connectivity index (χ0v) is 13.1. The van der Waals surface area contributed by atoms with E-state index in [1.165, 1.54) is 4.90 Å². The van der Waals surface area contributed by atoms with Crippen LogP contribution in [0.3, 0.4) is 0 Å². The van der Waals surface area contributed by atoms with Crippen molar-refractivity contribution in [1.82, 2.24) is 10.2 Å². The van der Waals surface area contributed by atoms with Crippen molar-refractivity contribution in [2.24, 2.45) is 11.8 Å². The van der Waals surface area contributed by atoms with Crippen molar-refractivity contribution >= 4 is 17.7 Å². The maximum Gasteiger partial charge on any atom is 0.233 e. The van der Waals surface area contributed by atoms with E-state index in [4.69, 9.17) is 4.42 Å². The van der Waals surface area contributed by atoms with Crippen molar-refractivity contribution in [3.05, 3.63) is 24.2 Å². The fourth-order valence-electron chi connectivity index (χ4n) is 3.53. The average Bonchev–Trinajstić information content (AvgIpc) is 3.15. The van der Waals surface area contributed by atoms with Crippen LogP contribution < -0.4 is 5.32 Å². The van der Waals surface area contributed by atoms with E-state index in [0.29, 0.717) is 13.0 Å². The van der Waals surface area contributed by atoms with Crippen LogP contribution in [-0.4, -0.2) is 35.7 Å². The number of amides is 3. The maximum absolute atomic E-state index is 12.3. The topological polar surface area (TPSA) is 79.6 Å². The molecule has 1 saturated heterocycles. The molecule has 2 fully saturated rings. The first-order chi connectivity index (χ1) is 11.2. The number of carbonyl (C=O) groups excluding carboxylic acids is 3. The van der Waals surface area contributed by atoms with E-state index >= 15 is 0 Å². The van der Waals surface area contributed by atoms with E-state index in [-0.39, 0.29) is 42.5 Å². The Morgan fingerprint density at radius 3 is 2.52 bits per heavy atom. The van der Waals surface area contributed by atoms with E-state index < -0.39 is 0 Å². The van der Waals surface area contributed by atoms with Crippen LogP contribution in [0.1, 0.15) is 37.9 Å². The Labute approximate surface area is 135 Å². The van der Waals surface area contributed by atoms with Gasteiger partial charge in [0.1, 0.15) is 5.76 Å². The molecule has 0 spiro atoms. The van der Waals surface area contributed by atoms with Gasteiger partial charge in [-0.3, -0.25) is 19.3 Å². The minimum atomic E-state index is -0.146. The Morgan fingerprint density at radius 1 is 1.22 bits per heavy atom. The molecule has 1 aliphatic carbocycles. The maximum atomic E-state index is 12.3. The highest BCUT2D eigenvalue weighted by Crippen LogP contribution is 2.37. The summed E-state index contributed by atoms with van der Waals surface area (Å²) in [6.07, 6.45) is 6.03. The Bertz CT molecular complexity index is 557. The molecule has 1 aromatic rings. The molecule has 2 unspecified atom stereocenters. The van der Waals surface area contributed by atoms with Gasteiger partial charge in [-0.15, -0.1) is 0 Å². The third-order valence-corrected chi connectivity index (χ3v) is 4.77. The van der Waals surface area contributed by atoms with Crippen LogP contribution >= 0.6 is 0 Å². The number of furan rings is 1. The minimum Gasteiger partial charge on any atom is -0.469 e. The van der Waals surface area contributed by atoms with Gasteiger partial charge < -0.3 is 9.73 Å². The molecule has 2 heterocycles. The molecule has 2 atom stereocenters. The average molecular weight is 318 g/mol. The fourth-order valence-corrected chi connectivity index (χ4v) is 3.53. The summed E-state index contributed by atoms with van der Waals surface area (Å²) in [5.74, 6) is 0.231. The number of likely N-dealkylation sites (tertiary alicyclic amines) is 1. The van der Waals surface area contributed by atoms with Crippen LogP contribution in [0.15, 0.2) is 22.8 Å². The summed E-state index contributed by atoms with van der Waals surface area (Å²) in [5, 5.41) is 2.79. The molecule has 0 aromatic carbocycles. The Balaban J connectivity index is 1.43. The summed E-state index contributed by atoms with van der Waals surface area (Å²) >= 11 is 0. The SMILES string of the molecule is O=C(CCN1C(=O)C2CCCCC2C1=O)NCCc1ccco1. The molecule has 1 aromatic heterocycles. The monoisotopic (exact) mass is 318 g/mol. The molecule has 2 aliphatic rings. The van der Waals surface area contributed by atoms with E-state index in [1.807, 2.05) is 6.07 Å². The van der Waals surface area contributed by atoms with Crippen LogP contribution in [0.25, 0.3) is 0 Å². The van der Waals surface area contributed by atoms with E-state index in [9.17, 15) is 14.4 Å². The van der Waals surface area contributed by atoms with Crippen molar-refractivity contribution in [2.75, 3.05) is 13.1 Å². The lowest BCUT2D eigenvalue weighted by Crippen LogP contribution is -2.35. The number of carbonyl (C=O) groups is 3. The van der Waals surface area contributed by atoms with Crippen molar-refractivity contribution in [3.8, 4) is 0 Å². The lowest BCUT2D eigenvalue weighted by molar-refractivity contribution is -0.140. The van der Waals surface area contributed by atoms with E-state index in [0.717, 1.165) is 31.4 Å².